The Kier molecular flexibility index (Phi) is 6.50. The number of amides is 1. The number of benzene rings is 2. The first-order valence-corrected chi connectivity index (χ1v) is 11.8. The van der Waals surface area contributed by atoms with Gasteiger partial charge < -0.3 is 10.1 Å². The summed E-state index contributed by atoms with van der Waals surface area (Å²) in [5.41, 5.74) is 2.57. The van der Waals surface area contributed by atoms with Crippen molar-refractivity contribution in [2.24, 2.45) is 0 Å². The molecule has 0 unspecified atom stereocenters. The minimum atomic E-state index is -0.199. The van der Waals surface area contributed by atoms with Crippen LogP contribution >= 0.6 is 34.7 Å². The molecule has 0 saturated heterocycles. The van der Waals surface area contributed by atoms with Crippen molar-refractivity contribution < 1.29 is 9.53 Å². The van der Waals surface area contributed by atoms with Crippen molar-refractivity contribution in [2.45, 2.75) is 24.8 Å². The Bertz CT molecular complexity index is 1380. The number of fused-ring (bicyclic) bond motifs is 1. The van der Waals surface area contributed by atoms with Crippen LogP contribution in [0.1, 0.15) is 18.2 Å². The van der Waals surface area contributed by atoms with Gasteiger partial charge in [0.2, 0.25) is 5.91 Å². The lowest BCUT2D eigenvalue weighted by Crippen LogP contribution is -2.22. The van der Waals surface area contributed by atoms with Gasteiger partial charge in [-0.15, -0.1) is 11.3 Å². The van der Waals surface area contributed by atoms with Crippen molar-refractivity contribution in [3.8, 4) is 11.4 Å². The number of para-hydroxylation sites is 1. The summed E-state index contributed by atoms with van der Waals surface area (Å²) >= 11 is 9.01. The zero-order valence-electron chi connectivity index (χ0n) is 17.5. The third-order valence-corrected chi connectivity index (χ3v) is 6.82. The molecule has 164 valence electrons. The molecule has 0 fully saturated rings. The predicted molar refractivity (Wildman–Crippen MR) is 130 cm³/mol. The second kappa shape index (κ2) is 9.32. The Morgan fingerprint density at radius 2 is 2.06 bits per heavy atom. The van der Waals surface area contributed by atoms with Gasteiger partial charge in [0, 0.05) is 29.1 Å². The van der Waals surface area contributed by atoms with E-state index in [1.165, 1.54) is 37.1 Å². The zero-order valence-corrected chi connectivity index (χ0v) is 19.9. The number of carbonyl (C=O) groups excluding carboxylic acids is 1. The van der Waals surface area contributed by atoms with Gasteiger partial charge in [0.05, 0.1) is 29.4 Å². The van der Waals surface area contributed by atoms with Crippen LogP contribution in [-0.2, 0) is 10.5 Å². The van der Waals surface area contributed by atoms with Crippen LogP contribution in [-0.4, -0.2) is 27.6 Å². The lowest BCUT2D eigenvalue weighted by Gasteiger charge is -2.17. The molecule has 4 rings (SSSR count). The van der Waals surface area contributed by atoms with Crippen molar-refractivity contribution in [3.05, 3.63) is 68.4 Å². The largest absolute Gasteiger partial charge is 0.495 e. The molecule has 0 aliphatic rings. The van der Waals surface area contributed by atoms with Crippen LogP contribution in [0.3, 0.4) is 0 Å². The number of thiazole rings is 1. The smallest absolute Gasteiger partial charge is 0.266 e. The normalized spacial score (nSPS) is 11.0. The maximum atomic E-state index is 13.5. The maximum Gasteiger partial charge on any atom is 0.266 e. The molecule has 2 aromatic carbocycles. The number of aromatic nitrogens is 3. The van der Waals surface area contributed by atoms with Crippen LogP contribution in [0.2, 0.25) is 5.02 Å². The average molecular weight is 487 g/mol. The minimum Gasteiger partial charge on any atom is -0.495 e. The fourth-order valence-corrected chi connectivity index (χ4v) is 5.04. The third-order valence-electron chi connectivity index (χ3n) is 4.63. The second-order valence-electron chi connectivity index (χ2n) is 6.94. The number of anilines is 1. The molecule has 0 radical (unpaired) electrons. The van der Waals surface area contributed by atoms with Gasteiger partial charge in [0.1, 0.15) is 5.75 Å². The summed E-state index contributed by atoms with van der Waals surface area (Å²) < 4.78 is 7.08. The first kappa shape index (κ1) is 22.3. The number of ether oxygens (including phenoxy) is 1. The molecular formula is C22H19ClN4O3S2. The quantitative estimate of drug-likeness (QED) is 0.302. The van der Waals surface area contributed by atoms with E-state index in [1.54, 1.807) is 16.7 Å². The summed E-state index contributed by atoms with van der Waals surface area (Å²) in [6, 6.07) is 10.7. The molecule has 1 N–H and O–H groups in total. The van der Waals surface area contributed by atoms with Crippen molar-refractivity contribution in [1.29, 1.82) is 0 Å². The summed E-state index contributed by atoms with van der Waals surface area (Å²) in [7, 11) is 1.54. The molecule has 1 amide bonds. The van der Waals surface area contributed by atoms with Crippen molar-refractivity contribution in [3.63, 3.8) is 0 Å². The van der Waals surface area contributed by atoms with Crippen molar-refractivity contribution in [1.82, 2.24) is 14.5 Å². The topological polar surface area (TPSA) is 86.1 Å². The van der Waals surface area contributed by atoms with E-state index in [0.717, 1.165) is 11.3 Å². The Hall–Kier alpha value is -2.88. The Morgan fingerprint density at radius 3 is 2.81 bits per heavy atom. The summed E-state index contributed by atoms with van der Waals surface area (Å²) in [4.78, 5) is 33.9. The predicted octanol–water partition coefficient (Wildman–Crippen LogP) is 5.06. The monoisotopic (exact) mass is 486 g/mol. The molecule has 32 heavy (non-hydrogen) atoms. The molecular weight excluding hydrogens is 468 g/mol. The van der Waals surface area contributed by atoms with Gasteiger partial charge in [-0.05, 0) is 30.7 Å². The number of rotatable bonds is 6. The number of thioether (sulfide) groups is 1. The molecule has 0 atom stereocenters. The maximum absolute atomic E-state index is 13.5. The van der Waals surface area contributed by atoms with E-state index < -0.39 is 0 Å². The molecule has 0 aliphatic carbocycles. The molecule has 7 nitrogen and oxygen atoms in total. The Labute approximate surface area is 197 Å². The third kappa shape index (κ3) is 4.50. The number of carbonyl (C=O) groups is 1. The fraction of sp³-hybridized carbons (Fsp3) is 0.182. The van der Waals surface area contributed by atoms with Gasteiger partial charge in [-0.3, -0.25) is 14.2 Å². The van der Waals surface area contributed by atoms with Gasteiger partial charge in [-0.25, -0.2) is 9.97 Å². The molecule has 2 aromatic heterocycles. The van der Waals surface area contributed by atoms with E-state index in [4.69, 9.17) is 21.3 Å². The SMILES string of the molecule is COc1cc(Cl)c(C)cc1-n1c(SCc2csc(NC(C)=O)n2)nc2ccccc2c1=O. The van der Waals surface area contributed by atoms with E-state index in [2.05, 4.69) is 10.3 Å². The molecule has 0 bridgehead atoms. The number of nitrogens with zero attached hydrogens (tertiary/aromatic N) is 3. The van der Waals surface area contributed by atoms with Crippen LogP contribution in [0.5, 0.6) is 5.75 Å². The summed E-state index contributed by atoms with van der Waals surface area (Å²) in [5, 5.41) is 6.64. The number of hydrogen-bond donors (Lipinski definition) is 1. The lowest BCUT2D eigenvalue weighted by molar-refractivity contribution is -0.114. The van der Waals surface area contributed by atoms with Crippen LogP contribution < -0.4 is 15.6 Å². The molecule has 0 aliphatic heterocycles. The van der Waals surface area contributed by atoms with Gasteiger partial charge >= 0.3 is 0 Å². The highest BCUT2D eigenvalue weighted by molar-refractivity contribution is 7.98. The fourth-order valence-electron chi connectivity index (χ4n) is 3.13. The molecule has 10 heteroatoms. The van der Waals surface area contributed by atoms with Crippen molar-refractivity contribution in [2.75, 3.05) is 12.4 Å². The number of aryl methyl sites for hydroxylation is 1. The van der Waals surface area contributed by atoms with E-state index in [1.807, 2.05) is 36.6 Å². The van der Waals surface area contributed by atoms with E-state index >= 15 is 0 Å². The second-order valence-corrected chi connectivity index (χ2v) is 9.15. The minimum absolute atomic E-state index is 0.172. The lowest BCUT2D eigenvalue weighted by atomic mass is 10.2. The highest BCUT2D eigenvalue weighted by Crippen LogP contribution is 2.33. The Morgan fingerprint density at radius 1 is 1.28 bits per heavy atom. The van der Waals surface area contributed by atoms with Crippen LogP contribution in [0, 0.1) is 6.92 Å². The van der Waals surface area contributed by atoms with Gasteiger partial charge in [-0.2, -0.15) is 0 Å². The molecule has 4 aromatic rings. The van der Waals surface area contributed by atoms with Crippen LogP contribution in [0.15, 0.2) is 51.7 Å². The van der Waals surface area contributed by atoms with E-state index in [0.29, 0.717) is 43.4 Å². The highest BCUT2D eigenvalue weighted by atomic mass is 35.5. The molecule has 0 saturated carbocycles. The summed E-state index contributed by atoms with van der Waals surface area (Å²) in [5.74, 6) is 0.771. The van der Waals surface area contributed by atoms with E-state index in [-0.39, 0.29) is 11.5 Å². The number of methoxy groups -OCH3 is 1. The summed E-state index contributed by atoms with van der Waals surface area (Å²) in [6.07, 6.45) is 0. The average Bonchev–Trinajstić information content (AvgIpc) is 3.21. The first-order valence-electron chi connectivity index (χ1n) is 9.58. The molecule has 2 heterocycles. The number of halogens is 1. The molecule has 0 spiro atoms. The van der Waals surface area contributed by atoms with Crippen LogP contribution in [0.25, 0.3) is 16.6 Å². The van der Waals surface area contributed by atoms with Crippen LogP contribution in [0.4, 0.5) is 5.13 Å². The van der Waals surface area contributed by atoms with Gasteiger partial charge in [-0.1, -0.05) is 35.5 Å². The first-order chi connectivity index (χ1) is 15.4. The van der Waals surface area contributed by atoms with Crippen molar-refractivity contribution >= 4 is 56.6 Å². The Balaban J connectivity index is 1.82. The van der Waals surface area contributed by atoms with Gasteiger partial charge in [0.15, 0.2) is 10.3 Å². The standard InChI is InChI=1S/C22H19ClN4O3S2/c1-12-8-18(19(30-3)9-16(12)23)27-20(29)15-6-4-5-7-17(15)26-22(27)32-11-14-10-31-21(25-14)24-13(2)28/h4-10H,11H2,1-3H3,(H,24,25,28). The van der Waals surface area contributed by atoms with E-state index in [9.17, 15) is 9.59 Å². The highest BCUT2D eigenvalue weighted by Gasteiger charge is 2.18. The summed E-state index contributed by atoms with van der Waals surface area (Å²) in [6.45, 7) is 3.31. The number of nitrogens with one attached hydrogen (secondary N) is 1. The zero-order chi connectivity index (χ0) is 22.8. The van der Waals surface area contributed by atoms with Gasteiger partial charge in [0.25, 0.3) is 5.56 Å². The number of hydrogen-bond acceptors (Lipinski definition) is 7.